The van der Waals surface area contributed by atoms with Gasteiger partial charge in [-0.1, -0.05) is 43.3 Å². The van der Waals surface area contributed by atoms with E-state index >= 15 is 0 Å². The Morgan fingerprint density at radius 2 is 1.67 bits per heavy atom. The van der Waals surface area contributed by atoms with Crippen LogP contribution in [0.1, 0.15) is 43.9 Å². The predicted molar refractivity (Wildman–Crippen MR) is 121 cm³/mol. The van der Waals surface area contributed by atoms with Gasteiger partial charge >= 0.3 is 0 Å². The Labute approximate surface area is 180 Å². The first-order chi connectivity index (χ1) is 14.3. The Morgan fingerprint density at radius 1 is 1.03 bits per heavy atom. The monoisotopic (exact) mass is 410 g/mol. The van der Waals surface area contributed by atoms with Crippen LogP contribution in [0.5, 0.6) is 5.75 Å². The van der Waals surface area contributed by atoms with Crippen LogP contribution in [-0.4, -0.2) is 41.9 Å². The molecule has 0 aromatic heterocycles. The summed E-state index contributed by atoms with van der Waals surface area (Å²) in [6, 6.07) is 15.4. The molecule has 0 aliphatic rings. The van der Waals surface area contributed by atoms with Crippen LogP contribution < -0.4 is 10.1 Å². The smallest absolute Gasteiger partial charge is 0.261 e. The number of amides is 2. The van der Waals surface area contributed by atoms with Gasteiger partial charge in [0.2, 0.25) is 5.91 Å². The summed E-state index contributed by atoms with van der Waals surface area (Å²) in [7, 11) is 0. The molecule has 0 saturated carbocycles. The molecule has 0 aliphatic heterocycles. The van der Waals surface area contributed by atoms with E-state index in [2.05, 4.69) is 11.4 Å². The minimum atomic E-state index is -0.522. The summed E-state index contributed by atoms with van der Waals surface area (Å²) < 4.78 is 5.80. The van der Waals surface area contributed by atoms with Gasteiger partial charge in [0.05, 0.1) is 0 Å². The van der Waals surface area contributed by atoms with Crippen LogP contribution in [0.4, 0.5) is 0 Å². The molecule has 2 amide bonds. The average Bonchev–Trinajstić information content (AvgIpc) is 2.68. The Bertz CT molecular complexity index is 813. The number of carbonyl (C=O) groups excluding carboxylic acids is 2. The van der Waals surface area contributed by atoms with Gasteiger partial charge in [-0.3, -0.25) is 9.59 Å². The second-order valence-corrected chi connectivity index (χ2v) is 8.02. The zero-order valence-corrected chi connectivity index (χ0v) is 18.8. The molecule has 0 bridgehead atoms. The highest BCUT2D eigenvalue weighted by Gasteiger charge is 2.28. The largest absolute Gasteiger partial charge is 0.484 e. The predicted octanol–water partition coefficient (Wildman–Crippen LogP) is 4.06. The third-order valence-corrected chi connectivity index (χ3v) is 4.86. The van der Waals surface area contributed by atoms with E-state index in [1.807, 2.05) is 77.1 Å². The van der Waals surface area contributed by atoms with Gasteiger partial charge in [0.15, 0.2) is 6.61 Å². The van der Waals surface area contributed by atoms with Crippen LogP contribution in [0.15, 0.2) is 48.5 Å². The topological polar surface area (TPSA) is 58.6 Å². The molecular weight excluding hydrogens is 376 g/mol. The molecule has 162 valence electrons. The molecule has 1 atom stereocenters. The van der Waals surface area contributed by atoms with Crippen LogP contribution in [0.2, 0.25) is 0 Å². The minimum Gasteiger partial charge on any atom is -0.484 e. The van der Waals surface area contributed by atoms with E-state index in [1.165, 1.54) is 0 Å². The second-order valence-electron chi connectivity index (χ2n) is 8.02. The molecule has 0 radical (unpaired) electrons. The minimum absolute atomic E-state index is 0.0177. The van der Waals surface area contributed by atoms with E-state index in [9.17, 15) is 9.59 Å². The van der Waals surface area contributed by atoms with Crippen molar-refractivity contribution in [3.63, 3.8) is 0 Å². The molecule has 0 saturated heterocycles. The first kappa shape index (κ1) is 23.5. The van der Waals surface area contributed by atoms with Crippen molar-refractivity contribution in [1.29, 1.82) is 0 Å². The van der Waals surface area contributed by atoms with E-state index in [0.717, 1.165) is 16.7 Å². The van der Waals surface area contributed by atoms with Gasteiger partial charge in [0.25, 0.3) is 5.91 Å². The lowest BCUT2D eigenvalue weighted by molar-refractivity contribution is -0.142. The SMILES string of the molecule is CCC(C(=O)NC(C)C)N(CCc1ccccc1)C(=O)COc1cc(C)cc(C)c1. The molecule has 2 aromatic rings. The molecule has 0 spiro atoms. The average molecular weight is 411 g/mol. The first-order valence-corrected chi connectivity index (χ1v) is 10.6. The quantitative estimate of drug-likeness (QED) is 0.643. The van der Waals surface area contributed by atoms with Crippen molar-refractivity contribution in [3.8, 4) is 5.75 Å². The molecular formula is C25H34N2O3. The standard InChI is InChI=1S/C25H34N2O3/c1-6-23(25(29)26-18(2)3)27(13-12-21-10-8-7-9-11-21)24(28)17-30-22-15-19(4)14-20(5)16-22/h7-11,14-16,18,23H,6,12-13,17H2,1-5H3,(H,26,29). The van der Waals surface area contributed by atoms with Gasteiger partial charge in [-0.25, -0.2) is 0 Å². The maximum absolute atomic E-state index is 13.1. The van der Waals surface area contributed by atoms with Crippen molar-refractivity contribution in [1.82, 2.24) is 10.2 Å². The molecule has 0 fully saturated rings. The highest BCUT2D eigenvalue weighted by atomic mass is 16.5. The fourth-order valence-corrected chi connectivity index (χ4v) is 3.52. The van der Waals surface area contributed by atoms with Gasteiger partial charge in [0, 0.05) is 12.6 Å². The summed E-state index contributed by atoms with van der Waals surface area (Å²) in [4.78, 5) is 27.5. The number of ether oxygens (including phenoxy) is 1. The molecule has 5 nitrogen and oxygen atoms in total. The fourth-order valence-electron chi connectivity index (χ4n) is 3.52. The van der Waals surface area contributed by atoms with Crippen molar-refractivity contribution in [2.45, 2.75) is 59.5 Å². The molecule has 1 N–H and O–H groups in total. The number of carbonyl (C=O) groups is 2. The van der Waals surface area contributed by atoms with E-state index in [1.54, 1.807) is 4.90 Å². The lowest BCUT2D eigenvalue weighted by atomic mass is 10.1. The summed E-state index contributed by atoms with van der Waals surface area (Å²) >= 11 is 0. The van der Waals surface area contributed by atoms with Crippen LogP contribution >= 0.6 is 0 Å². The van der Waals surface area contributed by atoms with Gasteiger partial charge in [0.1, 0.15) is 11.8 Å². The third kappa shape index (κ3) is 7.21. The van der Waals surface area contributed by atoms with Crippen molar-refractivity contribution in [3.05, 3.63) is 65.2 Å². The van der Waals surface area contributed by atoms with Crippen LogP contribution in [0.3, 0.4) is 0 Å². The Balaban J connectivity index is 2.14. The third-order valence-electron chi connectivity index (χ3n) is 4.86. The molecule has 1 unspecified atom stereocenters. The molecule has 2 aromatic carbocycles. The summed E-state index contributed by atoms with van der Waals surface area (Å²) in [5.74, 6) is 0.361. The summed E-state index contributed by atoms with van der Waals surface area (Å²) in [6.45, 7) is 10.1. The summed E-state index contributed by atoms with van der Waals surface area (Å²) in [6.07, 6.45) is 1.23. The Morgan fingerprint density at radius 3 is 2.23 bits per heavy atom. The number of benzene rings is 2. The van der Waals surface area contributed by atoms with Crippen LogP contribution in [-0.2, 0) is 16.0 Å². The maximum Gasteiger partial charge on any atom is 0.261 e. The van der Waals surface area contributed by atoms with Crippen molar-refractivity contribution < 1.29 is 14.3 Å². The summed E-state index contributed by atoms with van der Waals surface area (Å²) in [5.41, 5.74) is 3.30. The van der Waals surface area contributed by atoms with Crippen molar-refractivity contribution in [2.24, 2.45) is 0 Å². The van der Waals surface area contributed by atoms with Gasteiger partial charge in [-0.05, 0) is 69.4 Å². The Kier molecular flexibility index (Phi) is 8.90. The molecule has 0 aliphatic carbocycles. The van der Waals surface area contributed by atoms with E-state index in [0.29, 0.717) is 25.1 Å². The van der Waals surface area contributed by atoms with Crippen molar-refractivity contribution in [2.75, 3.05) is 13.2 Å². The molecule has 30 heavy (non-hydrogen) atoms. The van der Waals surface area contributed by atoms with E-state index in [4.69, 9.17) is 4.74 Å². The van der Waals surface area contributed by atoms with Crippen LogP contribution in [0.25, 0.3) is 0 Å². The number of hydrogen-bond acceptors (Lipinski definition) is 3. The number of nitrogens with one attached hydrogen (secondary N) is 1. The van der Waals surface area contributed by atoms with Crippen LogP contribution in [0, 0.1) is 13.8 Å². The summed E-state index contributed by atoms with van der Waals surface area (Å²) in [5, 5.41) is 2.94. The highest BCUT2D eigenvalue weighted by Crippen LogP contribution is 2.17. The zero-order valence-electron chi connectivity index (χ0n) is 18.8. The highest BCUT2D eigenvalue weighted by molar-refractivity contribution is 5.88. The normalized spacial score (nSPS) is 11.8. The number of hydrogen-bond donors (Lipinski definition) is 1. The Hall–Kier alpha value is -2.82. The van der Waals surface area contributed by atoms with Gasteiger partial charge < -0.3 is 15.0 Å². The first-order valence-electron chi connectivity index (χ1n) is 10.6. The zero-order chi connectivity index (χ0) is 22.1. The van der Waals surface area contributed by atoms with Gasteiger partial charge in [-0.2, -0.15) is 0 Å². The van der Waals surface area contributed by atoms with E-state index < -0.39 is 6.04 Å². The van der Waals surface area contributed by atoms with Crippen molar-refractivity contribution >= 4 is 11.8 Å². The number of nitrogens with zero attached hydrogens (tertiary/aromatic N) is 1. The maximum atomic E-state index is 13.1. The molecule has 5 heteroatoms. The molecule has 2 rings (SSSR count). The van der Waals surface area contributed by atoms with Gasteiger partial charge in [-0.15, -0.1) is 0 Å². The number of aryl methyl sites for hydroxylation is 2. The number of rotatable bonds is 10. The molecule has 0 heterocycles. The lowest BCUT2D eigenvalue weighted by Crippen LogP contribution is -2.52. The fraction of sp³-hybridized carbons (Fsp3) is 0.440. The van der Waals surface area contributed by atoms with E-state index in [-0.39, 0.29) is 24.5 Å². The second kappa shape index (κ2) is 11.4. The lowest BCUT2D eigenvalue weighted by Gasteiger charge is -2.31.